The molecular formula is C9H12N6O. The molecule has 0 aromatic carbocycles. The van der Waals surface area contributed by atoms with Gasteiger partial charge in [0.05, 0.1) is 12.5 Å². The van der Waals surface area contributed by atoms with Gasteiger partial charge in [-0.2, -0.15) is 0 Å². The second-order valence-corrected chi connectivity index (χ2v) is 2.70. The summed E-state index contributed by atoms with van der Waals surface area (Å²) in [6.07, 6.45) is 6.32. The molecule has 0 saturated heterocycles. The Labute approximate surface area is 91.8 Å². The summed E-state index contributed by atoms with van der Waals surface area (Å²) in [5.74, 6) is 0. The first kappa shape index (κ1) is 11.6. The topological polar surface area (TPSA) is 110 Å². The zero-order valence-electron chi connectivity index (χ0n) is 8.55. The van der Waals surface area contributed by atoms with E-state index in [0.717, 1.165) is 5.52 Å². The number of aromatic amines is 1. The van der Waals surface area contributed by atoms with Crippen molar-refractivity contribution < 1.29 is 4.79 Å². The third kappa shape index (κ3) is 3.74. The number of nitrogens with two attached hydrogens (primary N) is 1. The Morgan fingerprint density at radius 3 is 3.00 bits per heavy atom. The van der Waals surface area contributed by atoms with Gasteiger partial charge in [-0.05, 0) is 0 Å². The van der Waals surface area contributed by atoms with Crippen molar-refractivity contribution in [3.63, 3.8) is 0 Å². The molecule has 0 saturated carbocycles. The van der Waals surface area contributed by atoms with Crippen molar-refractivity contribution >= 4 is 17.2 Å². The number of amides is 2. The minimum absolute atomic E-state index is 0.440. The van der Waals surface area contributed by atoms with E-state index < -0.39 is 6.03 Å². The summed E-state index contributed by atoms with van der Waals surface area (Å²) >= 11 is 0. The number of H-pyrrole nitrogens is 1. The van der Waals surface area contributed by atoms with Crippen molar-refractivity contribution in [2.24, 2.45) is 5.73 Å². The van der Waals surface area contributed by atoms with E-state index in [2.05, 4.69) is 37.6 Å². The molecule has 2 heterocycles. The van der Waals surface area contributed by atoms with Crippen LogP contribution in [0.25, 0.3) is 11.2 Å². The predicted molar refractivity (Wildman–Crippen MR) is 59.5 cm³/mol. The molecule has 84 valence electrons. The molecule has 0 atom stereocenters. The molecule has 2 rings (SSSR count). The number of hydrogen-bond donors (Lipinski definition) is 3. The fraction of sp³-hybridized carbons (Fsp3) is 0.111. The Bertz CT molecular complexity index is 435. The van der Waals surface area contributed by atoms with Crippen LogP contribution in [0.1, 0.15) is 0 Å². The molecule has 0 aliphatic carbocycles. The Morgan fingerprint density at radius 2 is 2.44 bits per heavy atom. The van der Waals surface area contributed by atoms with Crippen LogP contribution >= 0.6 is 0 Å². The summed E-state index contributed by atoms with van der Waals surface area (Å²) < 4.78 is 0. The van der Waals surface area contributed by atoms with Crippen LogP contribution in [-0.4, -0.2) is 32.5 Å². The maximum atomic E-state index is 9.82. The molecule has 7 nitrogen and oxygen atoms in total. The van der Waals surface area contributed by atoms with Gasteiger partial charge in [-0.15, -0.1) is 6.58 Å². The second kappa shape index (κ2) is 6.12. The summed E-state index contributed by atoms with van der Waals surface area (Å²) in [6, 6.07) is -0.514. The van der Waals surface area contributed by atoms with Crippen molar-refractivity contribution in [1.82, 2.24) is 25.3 Å². The van der Waals surface area contributed by atoms with Crippen molar-refractivity contribution in [1.29, 1.82) is 0 Å². The molecule has 0 aliphatic rings. The van der Waals surface area contributed by atoms with E-state index in [-0.39, 0.29) is 0 Å². The normalized spacial score (nSPS) is 9.00. The standard InChI is InChI=1S/C5H4N4.C4H8N2O/c1-4-5(8-2-6-1)9-3-7-4;1-2-3-6-4(5)7/h1-3H,(H,6,7,8,9);2H,1,3H2,(H3,5,6,7). The fourth-order valence-corrected chi connectivity index (χ4v) is 0.864. The maximum absolute atomic E-state index is 9.82. The van der Waals surface area contributed by atoms with E-state index in [0.29, 0.717) is 12.2 Å². The highest BCUT2D eigenvalue weighted by molar-refractivity contribution is 5.71. The van der Waals surface area contributed by atoms with Crippen LogP contribution in [-0.2, 0) is 0 Å². The van der Waals surface area contributed by atoms with Gasteiger partial charge < -0.3 is 16.0 Å². The van der Waals surface area contributed by atoms with Gasteiger partial charge in [0.15, 0.2) is 5.65 Å². The average molecular weight is 220 g/mol. The molecule has 2 aromatic rings. The number of fused-ring (bicyclic) bond motifs is 1. The number of hydrogen-bond acceptors (Lipinski definition) is 4. The van der Waals surface area contributed by atoms with Crippen LogP contribution < -0.4 is 11.1 Å². The van der Waals surface area contributed by atoms with Crippen LogP contribution in [0.15, 0.2) is 31.5 Å². The predicted octanol–water partition coefficient (Wildman–Crippen LogP) is 0.194. The summed E-state index contributed by atoms with van der Waals surface area (Å²) in [7, 11) is 0. The first-order valence-corrected chi connectivity index (χ1v) is 4.47. The zero-order chi connectivity index (χ0) is 11.8. The first-order chi connectivity index (χ1) is 7.74. The van der Waals surface area contributed by atoms with Gasteiger partial charge in [0.1, 0.15) is 11.8 Å². The van der Waals surface area contributed by atoms with E-state index in [1.165, 1.54) is 6.33 Å². The van der Waals surface area contributed by atoms with Crippen LogP contribution in [0.3, 0.4) is 0 Å². The molecule has 4 N–H and O–H groups in total. The van der Waals surface area contributed by atoms with Gasteiger partial charge in [-0.25, -0.2) is 19.7 Å². The second-order valence-electron chi connectivity index (χ2n) is 2.70. The summed E-state index contributed by atoms with van der Waals surface area (Å²) in [5.41, 5.74) is 6.27. The van der Waals surface area contributed by atoms with E-state index in [9.17, 15) is 4.79 Å². The van der Waals surface area contributed by atoms with E-state index in [4.69, 9.17) is 0 Å². The smallest absolute Gasteiger partial charge is 0.312 e. The first-order valence-electron chi connectivity index (χ1n) is 4.47. The minimum atomic E-state index is -0.514. The van der Waals surface area contributed by atoms with Gasteiger partial charge in [0.25, 0.3) is 0 Å². The van der Waals surface area contributed by atoms with Crippen LogP contribution in [0, 0.1) is 0 Å². The van der Waals surface area contributed by atoms with Gasteiger partial charge in [0.2, 0.25) is 0 Å². The van der Waals surface area contributed by atoms with Gasteiger partial charge in [-0.3, -0.25) is 0 Å². The lowest BCUT2D eigenvalue weighted by Gasteiger charge is -1.90. The van der Waals surface area contributed by atoms with Crippen molar-refractivity contribution in [3.05, 3.63) is 31.5 Å². The van der Waals surface area contributed by atoms with Crippen LogP contribution in [0.2, 0.25) is 0 Å². The van der Waals surface area contributed by atoms with Crippen LogP contribution in [0.4, 0.5) is 4.79 Å². The highest BCUT2D eigenvalue weighted by Crippen LogP contribution is 1.99. The largest absolute Gasteiger partial charge is 0.352 e. The number of carbonyl (C=O) groups is 1. The number of nitrogens with zero attached hydrogens (tertiary/aromatic N) is 3. The quantitative estimate of drug-likeness (QED) is 0.627. The summed E-state index contributed by atoms with van der Waals surface area (Å²) in [5, 5.41) is 2.32. The Morgan fingerprint density at radius 1 is 1.62 bits per heavy atom. The number of primary amides is 1. The summed E-state index contributed by atoms with van der Waals surface area (Å²) in [4.78, 5) is 24.3. The van der Waals surface area contributed by atoms with Crippen molar-refractivity contribution in [2.45, 2.75) is 0 Å². The molecule has 2 aromatic heterocycles. The molecule has 0 spiro atoms. The van der Waals surface area contributed by atoms with E-state index >= 15 is 0 Å². The number of rotatable bonds is 2. The molecule has 0 radical (unpaired) electrons. The third-order valence-electron chi connectivity index (χ3n) is 1.52. The lowest BCUT2D eigenvalue weighted by molar-refractivity contribution is 0.250. The maximum Gasteiger partial charge on any atom is 0.312 e. The molecule has 16 heavy (non-hydrogen) atoms. The summed E-state index contributed by atoms with van der Waals surface area (Å²) in [6.45, 7) is 3.80. The van der Waals surface area contributed by atoms with E-state index in [1.54, 1.807) is 18.6 Å². The number of nitrogens with one attached hydrogen (secondary N) is 2. The average Bonchev–Trinajstić information content (AvgIpc) is 2.75. The minimum Gasteiger partial charge on any atom is -0.352 e. The fourth-order valence-electron chi connectivity index (χ4n) is 0.864. The van der Waals surface area contributed by atoms with Crippen molar-refractivity contribution in [2.75, 3.05) is 6.54 Å². The molecule has 0 aliphatic heterocycles. The third-order valence-corrected chi connectivity index (χ3v) is 1.52. The zero-order valence-corrected chi connectivity index (χ0v) is 8.55. The Kier molecular flexibility index (Phi) is 4.45. The SMILES string of the molecule is C=CCNC(N)=O.c1ncc2[nH]cnc2n1. The number of carbonyl (C=O) groups excluding carboxylic acids is 1. The van der Waals surface area contributed by atoms with E-state index in [1.807, 2.05) is 0 Å². The lowest BCUT2D eigenvalue weighted by Crippen LogP contribution is -2.28. The number of aromatic nitrogens is 4. The number of urea groups is 1. The molecule has 2 amide bonds. The van der Waals surface area contributed by atoms with Crippen LogP contribution in [0.5, 0.6) is 0 Å². The number of imidazole rings is 1. The highest BCUT2D eigenvalue weighted by atomic mass is 16.2. The monoisotopic (exact) mass is 220 g/mol. The molecule has 7 heteroatoms. The molecule has 0 bridgehead atoms. The van der Waals surface area contributed by atoms with Gasteiger partial charge in [-0.1, -0.05) is 6.08 Å². The Balaban J connectivity index is 0.000000168. The molecular weight excluding hydrogens is 208 g/mol. The van der Waals surface area contributed by atoms with Crippen molar-refractivity contribution in [3.8, 4) is 0 Å². The highest BCUT2D eigenvalue weighted by Gasteiger charge is 1.91. The Hall–Kier alpha value is -2.44. The molecule has 0 fully saturated rings. The van der Waals surface area contributed by atoms with Gasteiger partial charge >= 0.3 is 6.03 Å². The van der Waals surface area contributed by atoms with Gasteiger partial charge in [0, 0.05) is 6.54 Å². The molecule has 0 unspecified atom stereocenters. The lowest BCUT2D eigenvalue weighted by atomic mass is 10.6.